The highest BCUT2D eigenvalue weighted by Crippen LogP contribution is 2.29. The van der Waals surface area contributed by atoms with Gasteiger partial charge in [0, 0.05) is 27.4 Å². The molecule has 0 amide bonds. The van der Waals surface area contributed by atoms with Crippen LogP contribution in [0.5, 0.6) is 0 Å². The van der Waals surface area contributed by atoms with Crippen LogP contribution in [0.4, 0.5) is 0 Å². The van der Waals surface area contributed by atoms with E-state index < -0.39 is 24.0 Å². The lowest BCUT2D eigenvalue weighted by atomic mass is 10.0. The number of hydrogen-bond donors (Lipinski definition) is 3. The minimum absolute atomic E-state index is 0.0714. The molecule has 0 saturated carbocycles. The summed E-state index contributed by atoms with van der Waals surface area (Å²) in [4.78, 5) is 27.5. The van der Waals surface area contributed by atoms with E-state index in [-0.39, 0.29) is 12.3 Å². The lowest BCUT2D eigenvalue weighted by molar-refractivity contribution is -0.142. The molecule has 1 heterocycles. The van der Waals surface area contributed by atoms with Gasteiger partial charge in [0.25, 0.3) is 0 Å². The molecule has 146 valence electrons. The second-order valence-electron chi connectivity index (χ2n) is 6.58. The van der Waals surface area contributed by atoms with Crippen molar-refractivity contribution in [3.05, 3.63) is 39.3 Å². The van der Waals surface area contributed by atoms with Crippen LogP contribution in [0.1, 0.15) is 26.0 Å². The van der Waals surface area contributed by atoms with Crippen molar-refractivity contribution in [2.45, 2.75) is 38.8 Å². The Morgan fingerprint density at radius 3 is 2.22 bits per heavy atom. The Labute approximate surface area is 171 Å². The van der Waals surface area contributed by atoms with Crippen LogP contribution in [0, 0.1) is 5.92 Å². The van der Waals surface area contributed by atoms with Gasteiger partial charge in [-0.3, -0.25) is 14.9 Å². The molecule has 0 aliphatic carbocycles. The van der Waals surface area contributed by atoms with Crippen molar-refractivity contribution in [1.82, 2.24) is 10.3 Å². The first-order valence-corrected chi connectivity index (χ1v) is 9.91. The third-order valence-corrected chi connectivity index (χ3v) is 5.16. The number of rotatable bonds is 9. The summed E-state index contributed by atoms with van der Waals surface area (Å²) in [6.07, 6.45) is 0.407. The van der Waals surface area contributed by atoms with Crippen LogP contribution >= 0.6 is 34.5 Å². The van der Waals surface area contributed by atoms with Gasteiger partial charge >= 0.3 is 11.9 Å². The van der Waals surface area contributed by atoms with E-state index in [2.05, 4.69) is 10.3 Å². The first kappa shape index (κ1) is 21.6. The highest BCUT2D eigenvalue weighted by Gasteiger charge is 2.27. The molecular weight excluding hydrogens is 411 g/mol. The molecule has 3 N–H and O–H groups in total. The van der Waals surface area contributed by atoms with Crippen molar-refractivity contribution in [3.8, 4) is 10.6 Å². The van der Waals surface area contributed by atoms with Crippen molar-refractivity contribution in [3.63, 3.8) is 0 Å². The van der Waals surface area contributed by atoms with Crippen LogP contribution in [0.2, 0.25) is 10.0 Å². The lowest BCUT2D eigenvalue weighted by Crippen LogP contribution is -2.48. The van der Waals surface area contributed by atoms with Crippen molar-refractivity contribution in [2.24, 2.45) is 5.92 Å². The Morgan fingerprint density at radius 2 is 1.70 bits per heavy atom. The molecule has 2 aromatic rings. The molecule has 2 atom stereocenters. The number of carboxylic acid groups (broad SMARTS) is 2. The van der Waals surface area contributed by atoms with E-state index in [1.165, 1.54) is 11.3 Å². The molecule has 0 spiro atoms. The molecule has 2 rings (SSSR count). The molecule has 0 radical (unpaired) electrons. The number of halogens is 2. The molecular formula is C18H20Cl2N2O4S. The van der Waals surface area contributed by atoms with Gasteiger partial charge in [-0.15, -0.1) is 11.3 Å². The number of carboxylic acids is 2. The molecule has 0 aliphatic heterocycles. The zero-order valence-corrected chi connectivity index (χ0v) is 17.1. The van der Waals surface area contributed by atoms with Gasteiger partial charge in [-0.1, -0.05) is 37.0 Å². The fourth-order valence-corrected chi connectivity index (χ4v) is 3.94. The first-order chi connectivity index (χ1) is 12.7. The summed E-state index contributed by atoms with van der Waals surface area (Å²) in [5.41, 5.74) is 1.30. The molecule has 0 aliphatic rings. The molecule has 1 aromatic heterocycles. The monoisotopic (exact) mass is 430 g/mol. The van der Waals surface area contributed by atoms with E-state index in [9.17, 15) is 19.8 Å². The van der Waals surface area contributed by atoms with E-state index >= 15 is 0 Å². The van der Waals surface area contributed by atoms with Gasteiger partial charge in [-0.25, -0.2) is 4.98 Å². The summed E-state index contributed by atoms with van der Waals surface area (Å²) in [6.45, 7) is 3.77. The van der Waals surface area contributed by atoms with Gasteiger partial charge in [0.2, 0.25) is 0 Å². The SMILES string of the molecule is CC(C)C[C@H](NC(Cc1csc(-c2cc(Cl)cc(Cl)c2)n1)C(=O)O)C(=O)O. The second-order valence-corrected chi connectivity index (χ2v) is 8.32. The van der Waals surface area contributed by atoms with Gasteiger partial charge in [0.05, 0.1) is 5.69 Å². The Hall–Kier alpha value is -1.67. The molecule has 6 nitrogen and oxygen atoms in total. The summed E-state index contributed by atoms with van der Waals surface area (Å²) >= 11 is 13.4. The Balaban J connectivity index is 2.16. The smallest absolute Gasteiger partial charge is 0.321 e. The fourth-order valence-electron chi connectivity index (χ4n) is 2.59. The predicted molar refractivity (Wildman–Crippen MR) is 107 cm³/mol. The number of nitrogens with one attached hydrogen (secondary N) is 1. The number of benzene rings is 1. The maximum Gasteiger partial charge on any atom is 0.321 e. The van der Waals surface area contributed by atoms with Crippen LogP contribution in [0.25, 0.3) is 10.6 Å². The summed E-state index contributed by atoms with van der Waals surface area (Å²) in [7, 11) is 0. The third kappa shape index (κ3) is 6.46. The number of hydrogen-bond acceptors (Lipinski definition) is 5. The maximum atomic E-state index is 11.6. The summed E-state index contributed by atoms with van der Waals surface area (Å²) in [6, 6.07) is 3.09. The average Bonchev–Trinajstić information content (AvgIpc) is 3.00. The van der Waals surface area contributed by atoms with Crippen LogP contribution in [-0.2, 0) is 16.0 Å². The van der Waals surface area contributed by atoms with Crippen LogP contribution in [0.3, 0.4) is 0 Å². The number of thiazole rings is 1. The van der Waals surface area contributed by atoms with E-state index in [1.807, 2.05) is 13.8 Å². The van der Waals surface area contributed by atoms with Crippen molar-refractivity contribution >= 4 is 46.5 Å². The molecule has 0 saturated heterocycles. The van der Waals surface area contributed by atoms with E-state index in [4.69, 9.17) is 23.2 Å². The Morgan fingerprint density at radius 1 is 1.11 bits per heavy atom. The highest BCUT2D eigenvalue weighted by molar-refractivity contribution is 7.13. The van der Waals surface area contributed by atoms with Gasteiger partial charge in [0.15, 0.2) is 0 Å². The molecule has 0 bridgehead atoms. The zero-order chi connectivity index (χ0) is 20.1. The largest absolute Gasteiger partial charge is 0.480 e. The summed E-state index contributed by atoms with van der Waals surface area (Å²) < 4.78 is 0. The number of nitrogens with zero attached hydrogens (tertiary/aromatic N) is 1. The summed E-state index contributed by atoms with van der Waals surface area (Å²) in [5.74, 6) is -2.07. The third-order valence-electron chi connectivity index (χ3n) is 3.78. The zero-order valence-electron chi connectivity index (χ0n) is 14.8. The van der Waals surface area contributed by atoms with Crippen LogP contribution in [-0.4, -0.2) is 39.2 Å². The summed E-state index contributed by atoms with van der Waals surface area (Å²) in [5, 5.41) is 24.9. The molecule has 27 heavy (non-hydrogen) atoms. The van der Waals surface area contributed by atoms with E-state index in [1.54, 1.807) is 23.6 Å². The molecule has 9 heteroatoms. The molecule has 1 unspecified atom stereocenters. The second kappa shape index (κ2) is 9.50. The highest BCUT2D eigenvalue weighted by atomic mass is 35.5. The number of carbonyl (C=O) groups is 2. The topological polar surface area (TPSA) is 99.5 Å². The predicted octanol–water partition coefficient (Wildman–Crippen LogP) is 4.20. The average molecular weight is 431 g/mol. The van der Waals surface area contributed by atoms with Gasteiger partial charge in [0.1, 0.15) is 17.1 Å². The van der Waals surface area contributed by atoms with Gasteiger partial charge in [-0.05, 0) is 30.5 Å². The number of aliphatic carboxylic acids is 2. The fraction of sp³-hybridized carbons (Fsp3) is 0.389. The van der Waals surface area contributed by atoms with Crippen molar-refractivity contribution in [1.29, 1.82) is 0 Å². The standard InChI is InChI=1S/C18H20Cl2N2O4S/c1-9(2)3-14(17(23)24)22-15(18(25)26)7-13-8-27-16(21-13)10-4-11(19)6-12(20)5-10/h4-6,8-9,14-15,22H,3,7H2,1-2H3,(H,23,24)(H,25,26)/t14-,15?/m0/s1. The molecule has 1 aromatic carbocycles. The van der Waals surface area contributed by atoms with E-state index in [0.717, 1.165) is 5.56 Å². The van der Waals surface area contributed by atoms with Crippen molar-refractivity contribution < 1.29 is 19.8 Å². The molecule has 0 fully saturated rings. The van der Waals surface area contributed by atoms with Gasteiger partial charge in [-0.2, -0.15) is 0 Å². The van der Waals surface area contributed by atoms with Crippen LogP contribution < -0.4 is 5.32 Å². The maximum absolute atomic E-state index is 11.6. The number of aromatic nitrogens is 1. The van der Waals surface area contributed by atoms with E-state index in [0.29, 0.717) is 27.2 Å². The minimum Gasteiger partial charge on any atom is -0.480 e. The quantitative estimate of drug-likeness (QED) is 0.550. The van der Waals surface area contributed by atoms with Crippen molar-refractivity contribution in [2.75, 3.05) is 0 Å². The first-order valence-electron chi connectivity index (χ1n) is 8.28. The minimum atomic E-state index is -1.12. The Bertz CT molecular complexity index is 805. The Kier molecular flexibility index (Phi) is 7.61. The van der Waals surface area contributed by atoms with Crippen LogP contribution in [0.15, 0.2) is 23.6 Å². The van der Waals surface area contributed by atoms with Gasteiger partial charge < -0.3 is 10.2 Å². The normalized spacial score (nSPS) is 13.5. The lowest BCUT2D eigenvalue weighted by Gasteiger charge is -2.21.